The molecule has 0 fully saturated rings. The van der Waals surface area contributed by atoms with Gasteiger partial charge in [0.1, 0.15) is 51.2 Å². The number of rotatable bonds is 15. The predicted molar refractivity (Wildman–Crippen MR) is 239 cm³/mol. The third kappa shape index (κ3) is 9.09. The Labute approximate surface area is 348 Å². The highest BCUT2D eigenvalue weighted by molar-refractivity contribution is 5.98. The van der Waals surface area contributed by atoms with Gasteiger partial charge in [-0.3, -0.25) is 0 Å². The minimum atomic E-state index is 0.469. The Kier molecular flexibility index (Phi) is 14.0. The van der Waals surface area contributed by atoms with Crippen LogP contribution in [0.1, 0.15) is 56.2 Å². The number of imidazole rings is 2. The predicted octanol–water partition coefficient (Wildman–Crippen LogP) is 11.0. The molecule has 0 spiro atoms. The fourth-order valence-corrected chi connectivity index (χ4v) is 7.34. The van der Waals surface area contributed by atoms with Crippen molar-refractivity contribution in [3.8, 4) is 56.9 Å². The van der Waals surface area contributed by atoms with Crippen molar-refractivity contribution in [3.63, 3.8) is 0 Å². The molecule has 0 bridgehead atoms. The molecule has 10 heteroatoms. The molecule has 7 rings (SSSR count). The van der Waals surface area contributed by atoms with Gasteiger partial charge in [0.25, 0.3) is 0 Å². The highest BCUT2D eigenvalue weighted by Gasteiger charge is 2.22. The molecule has 0 aliphatic heterocycles. The third-order valence-corrected chi connectivity index (χ3v) is 10.7. The van der Waals surface area contributed by atoms with Crippen LogP contribution in [0.4, 0.5) is 0 Å². The highest BCUT2D eigenvalue weighted by Crippen LogP contribution is 2.40. The quantitative estimate of drug-likeness (QED) is 0.101. The fourth-order valence-electron chi connectivity index (χ4n) is 7.34. The summed E-state index contributed by atoms with van der Waals surface area (Å²) in [5.41, 5.74) is 11.7. The molecular formula is C49H58N4O6. The Hall–Kier alpha value is -5.84. The number of hydrogen-bond acceptors (Lipinski definition) is 8. The van der Waals surface area contributed by atoms with E-state index >= 15 is 0 Å². The molecule has 0 amide bonds. The number of nitrogens with zero attached hydrogens (tertiary/aromatic N) is 4. The maximum Gasteiger partial charge on any atom is 0.144 e. The van der Waals surface area contributed by atoms with Gasteiger partial charge < -0.3 is 37.6 Å². The largest absolute Gasteiger partial charge is 0.497 e. The van der Waals surface area contributed by atoms with Gasteiger partial charge in [-0.25, -0.2) is 9.97 Å². The molecule has 59 heavy (non-hydrogen) atoms. The summed E-state index contributed by atoms with van der Waals surface area (Å²) in [6.07, 6.45) is 0. The van der Waals surface area contributed by atoms with Crippen molar-refractivity contribution in [2.24, 2.45) is 0 Å². The van der Waals surface area contributed by atoms with Gasteiger partial charge in [0.05, 0.1) is 47.2 Å². The molecule has 2 aromatic heterocycles. The van der Waals surface area contributed by atoms with Crippen molar-refractivity contribution in [2.45, 2.75) is 59.5 Å². The lowest BCUT2D eigenvalue weighted by molar-refractivity contribution is 0.188. The molecule has 2 heterocycles. The first-order valence-corrected chi connectivity index (χ1v) is 20.1. The fraction of sp³-hybridized carbons (Fsp3) is 0.347. The van der Waals surface area contributed by atoms with Crippen LogP contribution in [0.3, 0.4) is 0 Å². The van der Waals surface area contributed by atoms with Crippen LogP contribution in [0, 0.1) is 6.92 Å². The summed E-state index contributed by atoms with van der Waals surface area (Å²) < 4.78 is 37.5. The van der Waals surface area contributed by atoms with Gasteiger partial charge in [-0.2, -0.15) is 0 Å². The molecule has 0 aliphatic rings. The van der Waals surface area contributed by atoms with Crippen LogP contribution in [-0.4, -0.2) is 75.0 Å². The summed E-state index contributed by atoms with van der Waals surface area (Å²) >= 11 is 0. The summed E-state index contributed by atoms with van der Waals surface area (Å²) in [5.74, 6) is 5.87. The first kappa shape index (κ1) is 42.8. The molecule has 7 aromatic rings. The second kappa shape index (κ2) is 19.3. The summed E-state index contributed by atoms with van der Waals surface area (Å²) in [6.45, 7) is 13.5. The second-order valence-electron chi connectivity index (χ2n) is 15.1. The van der Waals surface area contributed by atoms with Crippen LogP contribution in [0.15, 0.2) is 91.0 Å². The molecule has 310 valence electrons. The average molecular weight is 799 g/mol. The van der Waals surface area contributed by atoms with E-state index in [4.69, 9.17) is 38.4 Å². The molecule has 0 saturated carbocycles. The van der Waals surface area contributed by atoms with E-state index in [1.54, 1.807) is 42.7 Å². The minimum absolute atomic E-state index is 0.469. The van der Waals surface area contributed by atoms with Crippen LogP contribution >= 0.6 is 0 Å². The third-order valence-electron chi connectivity index (χ3n) is 10.7. The summed E-state index contributed by atoms with van der Waals surface area (Å²) in [5, 5.41) is 0. The SMILES string of the molecule is COCCn1c(-c2ccc(C(C)C)cc2)nc2c(-c3cc(OC)cc(OC)c3)ccc(OC)c21.COCCn1c(-c2ccc(C(C)C)cc2)nc2c(C)ccc(OC)c21. The van der Waals surface area contributed by atoms with Gasteiger partial charge in [-0.1, -0.05) is 82.3 Å². The van der Waals surface area contributed by atoms with E-state index in [0.717, 1.165) is 91.1 Å². The van der Waals surface area contributed by atoms with Crippen molar-refractivity contribution in [2.75, 3.05) is 55.9 Å². The monoisotopic (exact) mass is 798 g/mol. The van der Waals surface area contributed by atoms with Gasteiger partial charge in [0.2, 0.25) is 0 Å². The number of hydrogen-bond donors (Lipinski definition) is 0. The average Bonchev–Trinajstić information content (AvgIpc) is 3.85. The number of methoxy groups -OCH3 is 6. The molecule has 0 aliphatic carbocycles. The zero-order valence-electron chi connectivity index (χ0n) is 36.4. The van der Waals surface area contributed by atoms with E-state index in [1.807, 2.05) is 36.4 Å². The standard InChI is InChI=1S/C28H32N2O4.C21H26N2O2/c1-18(2)19-7-9-20(10-8-19)28-29-26-24(21-15-22(32-4)17-23(16-21)33-5)11-12-25(34-6)27(26)30(28)13-14-31-3;1-14(2)16-7-9-17(10-8-16)21-22-19-15(3)6-11-18(25-5)20(19)23(21)12-13-24-4/h7-12,15-18H,13-14H2,1-6H3;6-11,14H,12-13H2,1-5H3. The van der Waals surface area contributed by atoms with E-state index < -0.39 is 0 Å². The van der Waals surface area contributed by atoms with Crippen LogP contribution in [-0.2, 0) is 22.6 Å². The summed E-state index contributed by atoms with van der Waals surface area (Å²) in [7, 11) is 10.1. The van der Waals surface area contributed by atoms with E-state index in [-0.39, 0.29) is 0 Å². The molecule has 10 nitrogen and oxygen atoms in total. The molecular weight excluding hydrogens is 741 g/mol. The Bertz CT molecular complexity index is 2460. The van der Waals surface area contributed by atoms with Gasteiger partial charge in [0, 0.05) is 50.1 Å². The van der Waals surface area contributed by atoms with Crippen LogP contribution in [0.25, 0.3) is 56.0 Å². The van der Waals surface area contributed by atoms with E-state index in [9.17, 15) is 0 Å². The maximum atomic E-state index is 5.78. The molecule has 0 unspecified atom stereocenters. The molecule has 0 saturated heterocycles. The van der Waals surface area contributed by atoms with Crippen LogP contribution < -0.4 is 18.9 Å². The van der Waals surface area contributed by atoms with Crippen LogP contribution in [0.2, 0.25) is 0 Å². The number of aryl methyl sites for hydroxylation is 1. The minimum Gasteiger partial charge on any atom is -0.497 e. The van der Waals surface area contributed by atoms with Gasteiger partial charge in [0.15, 0.2) is 0 Å². The van der Waals surface area contributed by atoms with Crippen molar-refractivity contribution in [1.82, 2.24) is 19.1 Å². The maximum absolute atomic E-state index is 5.78. The van der Waals surface area contributed by atoms with Gasteiger partial charge in [-0.15, -0.1) is 0 Å². The Balaban J connectivity index is 0.000000208. The molecule has 0 radical (unpaired) electrons. The first-order chi connectivity index (χ1) is 28.6. The van der Waals surface area contributed by atoms with Crippen molar-refractivity contribution >= 4 is 22.1 Å². The Morgan fingerprint density at radius 3 is 1.36 bits per heavy atom. The van der Waals surface area contributed by atoms with Crippen molar-refractivity contribution in [3.05, 3.63) is 108 Å². The zero-order valence-corrected chi connectivity index (χ0v) is 36.4. The van der Waals surface area contributed by atoms with Crippen molar-refractivity contribution in [1.29, 1.82) is 0 Å². The second-order valence-corrected chi connectivity index (χ2v) is 15.1. The number of benzene rings is 5. The van der Waals surface area contributed by atoms with Crippen LogP contribution in [0.5, 0.6) is 23.0 Å². The number of ether oxygens (including phenoxy) is 6. The lowest BCUT2D eigenvalue weighted by Crippen LogP contribution is -2.07. The van der Waals surface area contributed by atoms with Gasteiger partial charge >= 0.3 is 0 Å². The lowest BCUT2D eigenvalue weighted by atomic mass is 10.0. The van der Waals surface area contributed by atoms with E-state index in [1.165, 1.54) is 11.1 Å². The summed E-state index contributed by atoms with van der Waals surface area (Å²) in [4.78, 5) is 10.1. The number of aromatic nitrogens is 4. The summed E-state index contributed by atoms with van der Waals surface area (Å²) in [6, 6.07) is 31.2. The lowest BCUT2D eigenvalue weighted by Gasteiger charge is -2.13. The first-order valence-electron chi connectivity index (χ1n) is 20.1. The Morgan fingerprint density at radius 1 is 0.492 bits per heavy atom. The van der Waals surface area contributed by atoms with Crippen molar-refractivity contribution < 1.29 is 28.4 Å². The number of fused-ring (bicyclic) bond motifs is 2. The molecule has 0 atom stereocenters. The topological polar surface area (TPSA) is 91.0 Å². The molecule has 0 N–H and O–H groups in total. The smallest absolute Gasteiger partial charge is 0.144 e. The van der Waals surface area contributed by atoms with E-state index in [2.05, 4.69) is 98.4 Å². The zero-order chi connectivity index (χ0) is 42.2. The highest BCUT2D eigenvalue weighted by atomic mass is 16.5. The molecule has 5 aromatic carbocycles. The van der Waals surface area contributed by atoms with E-state index in [0.29, 0.717) is 31.6 Å². The Morgan fingerprint density at radius 2 is 0.932 bits per heavy atom. The normalized spacial score (nSPS) is 11.3. The van der Waals surface area contributed by atoms with Gasteiger partial charge in [-0.05, 0) is 71.3 Å².